The molecule has 0 bridgehead atoms. The van der Waals surface area contributed by atoms with E-state index in [1.165, 1.54) is 4.68 Å². The first-order chi connectivity index (χ1) is 15.9. The normalized spacial score (nSPS) is 11.4. The highest BCUT2D eigenvalue weighted by Crippen LogP contribution is 2.21. The number of rotatable bonds is 6. The van der Waals surface area contributed by atoms with E-state index in [0.717, 1.165) is 40.0 Å². The van der Waals surface area contributed by atoms with E-state index in [1.807, 2.05) is 44.2 Å². The van der Waals surface area contributed by atoms with Crippen LogP contribution in [0.4, 0.5) is 0 Å². The maximum Gasteiger partial charge on any atom is 0.282 e. The first-order valence-electron chi connectivity index (χ1n) is 10.9. The van der Waals surface area contributed by atoms with Crippen molar-refractivity contribution in [3.05, 3.63) is 91.7 Å². The minimum atomic E-state index is -0.176. The predicted octanol–water partition coefficient (Wildman–Crippen LogP) is 5.66. The Balaban J connectivity index is 1.79. The summed E-state index contributed by atoms with van der Waals surface area (Å²) in [5, 5.41) is 14.2. The summed E-state index contributed by atoms with van der Waals surface area (Å²) in [6.07, 6.45) is 4.34. The summed E-state index contributed by atoms with van der Waals surface area (Å²) < 4.78 is 4.37. The molecular formula is C26H24BrN5O. The summed E-state index contributed by atoms with van der Waals surface area (Å²) in [6, 6.07) is 17.2. The summed E-state index contributed by atoms with van der Waals surface area (Å²) in [5.41, 5.74) is 5.06. The van der Waals surface area contributed by atoms with Gasteiger partial charge < -0.3 is 4.57 Å². The van der Waals surface area contributed by atoms with E-state index < -0.39 is 0 Å². The van der Waals surface area contributed by atoms with Crippen LogP contribution in [0.1, 0.15) is 48.1 Å². The zero-order chi connectivity index (χ0) is 23.5. The van der Waals surface area contributed by atoms with Crippen LogP contribution in [-0.4, -0.2) is 20.4 Å². The largest absolute Gasteiger partial charge is 0.318 e. The molecule has 0 radical (unpaired) electrons. The summed E-state index contributed by atoms with van der Waals surface area (Å²) in [6.45, 7) is 6.15. The van der Waals surface area contributed by atoms with Gasteiger partial charge in [0.2, 0.25) is 0 Å². The van der Waals surface area contributed by atoms with Crippen LogP contribution < -0.4 is 5.56 Å². The number of nitriles is 1. The van der Waals surface area contributed by atoms with Crippen molar-refractivity contribution >= 4 is 33.0 Å². The van der Waals surface area contributed by atoms with Crippen molar-refractivity contribution < 1.29 is 0 Å². The van der Waals surface area contributed by atoms with Crippen LogP contribution in [-0.2, 0) is 6.42 Å². The molecule has 0 aliphatic carbocycles. The topological polar surface area (TPSA) is 76.0 Å². The second kappa shape index (κ2) is 9.55. The van der Waals surface area contributed by atoms with Crippen LogP contribution in [0.25, 0.3) is 16.6 Å². The number of benzene rings is 2. The van der Waals surface area contributed by atoms with Crippen molar-refractivity contribution in [1.82, 2.24) is 14.2 Å². The Morgan fingerprint density at radius 1 is 1.15 bits per heavy atom. The highest BCUT2D eigenvalue weighted by Gasteiger charge is 2.13. The van der Waals surface area contributed by atoms with E-state index in [-0.39, 0.29) is 5.56 Å². The van der Waals surface area contributed by atoms with Gasteiger partial charge in [-0.3, -0.25) is 4.79 Å². The molecule has 0 unspecified atom stereocenters. The molecule has 0 saturated carbocycles. The maximum atomic E-state index is 13.3. The lowest BCUT2D eigenvalue weighted by Gasteiger charge is -2.10. The van der Waals surface area contributed by atoms with Crippen LogP contribution in [0.15, 0.2) is 62.9 Å². The lowest BCUT2D eigenvalue weighted by Crippen LogP contribution is -2.22. The fourth-order valence-electron chi connectivity index (χ4n) is 3.93. The van der Waals surface area contributed by atoms with E-state index in [0.29, 0.717) is 28.7 Å². The molecule has 0 aliphatic heterocycles. The predicted molar refractivity (Wildman–Crippen MR) is 135 cm³/mol. The van der Waals surface area contributed by atoms with Gasteiger partial charge in [0.25, 0.3) is 5.56 Å². The molecule has 0 saturated heterocycles. The number of hydrogen-bond acceptors (Lipinski definition) is 4. The van der Waals surface area contributed by atoms with Gasteiger partial charge in [0, 0.05) is 33.5 Å². The molecule has 0 amide bonds. The van der Waals surface area contributed by atoms with Gasteiger partial charge in [0.1, 0.15) is 5.82 Å². The number of halogens is 1. The van der Waals surface area contributed by atoms with E-state index in [4.69, 9.17) is 10.2 Å². The highest BCUT2D eigenvalue weighted by molar-refractivity contribution is 9.10. The van der Waals surface area contributed by atoms with Crippen LogP contribution in [0.2, 0.25) is 0 Å². The first-order valence-corrected chi connectivity index (χ1v) is 11.7. The van der Waals surface area contributed by atoms with Gasteiger partial charge in [0.05, 0.1) is 28.8 Å². The third kappa shape index (κ3) is 4.53. The van der Waals surface area contributed by atoms with Gasteiger partial charge in [-0.2, -0.15) is 15.0 Å². The van der Waals surface area contributed by atoms with E-state index in [9.17, 15) is 4.79 Å². The van der Waals surface area contributed by atoms with E-state index in [2.05, 4.69) is 38.6 Å². The average molecular weight is 502 g/mol. The Kier molecular flexibility index (Phi) is 6.57. The second-order valence-electron chi connectivity index (χ2n) is 7.98. The number of fused-ring (bicyclic) bond motifs is 1. The SMILES string of the molecule is CCCCc1nc2ccc(Br)cc2c(=O)n1N=Cc1cc(C)n(-c2ccc(C#N)cc2)c1C. The fourth-order valence-corrected chi connectivity index (χ4v) is 4.29. The minimum Gasteiger partial charge on any atom is -0.318 e. The van der Waals surface area contributed by atoms with Gasteiger partial charge >= 0.3 is 0 Å². The summed E-state index contributed by atoms with van der Waals surface area (Å²) in [7, 11) is 0. The van der Waals surface area contributed by atoms with Crippen molar-refractivity contribution in [2.45, 2.75) is 40.0 Å². The van der Waals surface area contributed by atoms with Gasteiger partial charge in [0.15, 0.2) is 0 Å². The fraction of sp³-hybridized carbons (Fsp3) is 0.231. The lowest BCUT2D eigenvalue weighted by molar-refractivity contribution is 0.675. The number of hydrogen-bond donors (Lipinski definition) is 0. The van der Waals surface area contributed by atoms with Crippen molar-refractivity contribution in [2.24, 2.45) is 5.10 Å². The Labute approximate surface area is 201 Å². The molecule has 0 spiro atoms. The summed E-state index contributed by atoms with van der Waals surface area (Å²) >= 11 is 3.44. The molecule has 7 heteroatoms. The van der Waals surface area contributed by atoms with Gasteiger partial charge in [-0.1, -0.05) is 29.3 Å². The molecule has 0 fully saturated rings. The van der Waals surface area contributed by atoms with Crippen molar-refractivity contribution in [1.29, 1.82) is 5.26 Å². The zero-order valence-corrected chi connectivity index (χ0v) is 20.4. The number of unbranched alkanes of at least 4 members (excludes halogenated alkanes) is 1. The Hall–Kier alpha value is -3.50. The maximum absolute atomic E-state index is 13.3. The van der Waals surface area contributed by atoms with Crippen molar-refractivity contribution in [3.63, 3.8) is 0 Å². The Morgan fingerprint density at radius 2 is 1.91 bits per heavy atom. The van der Waals surface area contributed by atoms with E-state index in [1.54, 1.807) is 24.4 Å². The highest BCUT2D eigenvalue weighted by atomic mass is 79.9. The number of nitrogens with zero attached hydrogens (tertiary/aromatic N) is 5. The molecular weight excluding hydrogens is 478 g/mol. The molecule has 166 valence electrons. The molecule has 2 aromatic carbocycles. The summed E-state index contributed by atoms with van der Waals surface area (Å²) in [4.78, 5) is 18.0. The van der Waals surface area contributed by atoms with Crippen LogP contribution in [0.5, 0.6) is 0 Å². The molecule has 0 aliphatic rings. The van der Waals surface area contributed by atoms with Gasteiger partial charge in [-0.05, 0) is 68.8 Å². The van der Waals surface area contributed by atoms with Crippen LogP contribution >= 0.6 is 15.9 Å². The first kappa shape index (κ1) is 22.7. The quantitative estimate of drug-likeness (QED) is 0.319. The van der Waals surface area contributed by atoms with Gasteiger partial charge in [-0.15, -0.1) is 0 Å². The molecule has 0 atom stereocenters. The van der Waals surface area contributed by atoms with Crippen LogP contribution in [0.3, 0.4) is 0 Å². The van der Waals surface area contributed by atoms with E-state index >= 15 is 0 Å². The third-order valence-electron chi connectivity index (χ3n) is 5.67. The van der Waals surface area contributed by atoms with Crippen LogP contribution in [0, 0.1) is 25.2 Å². The molecule has 6 nitrogen and oxygen atoms in total. The van der Waals surface area contributed by atoms with Crippen molar-refractivity contribution in [3.8, 4) is 11.8 Å². The molecule has 2 aromatic heterocycles. The monoisotopic (exact) mass is 501 g/mol. The number of aryl methyl sites for hydroxylation is 2. The Morgan fingerprint density at radius 3 is 2.61 bits per heavy atom. The average Bonchev–Trinajstić information content (AvgIpc) is 3.10. The van der Waals surface area contributed by atoms with Gasteiger partial charge in [-0.25, -0.2) is 4.98 Å². The Bertz CT molecular complexity index is 1460. The lowest BCUT2D eigenvalue weighted by atomic mass is 10.2. The zero-order valence-electron chi connectivity index (χ0n) is 18.8. The molecule has 4 aromatic rings. The number of aromatic nitrogens is 3. The smallest absolute Gasteiger partial charge is 0.282 e. The third-order valence-corrected chi connectivity index (χ3v) is 6.16. The molecule has 2 heterocycles. The minimum absolute atomic E-state index is 0.176. The second-order valence-corrected chi connectivity index (χ2v) is 8.89. The summed E-state index contributed by atoms with van der Waals surface area (Å²) in [5.74, 6) is 0.661. The molecule has 33 heavy (non-hydrogen) atoms. The van der Waals surface area contributed by atoms with Crippen molar-refractivity contribution in [2.75, 3.05) is 0 Å². The molecule has 4 rings (SSSR count). The molecule has 0 N–H and O–H groups in total. The standard InChI is InChI=1S/C26H24BrN5O/c1-4-5-6-25-30-24-12-9-21(27)14-23(24)26(33)32(25)29-16-20-13-17(2)31(18(20)3)22-10-7-19(15-28)8-11-22/h7-14,16H,4-6H2,1-3H3.